The van der Waals surface area contributed by atoms with Crippen LogP contribution in [0.25, 0.3) is 0 Å². The molecule has 1 aromatic carbocycles. The van der Waals surface area contributed by atoms with Crippen LogP contribution in [0, 0.1) is 6.92 Å². The molecule has 1 N–H and O–H groups in total. The van der Waals surface area contributed by atoms with Crippen molar-refractivity contribution >= 4 is 23.3 Å². The molecule has 148 valence electrons. The van der Waals surface area contributed by atoms with Crippen molar-refractivity contribution in [1.82, 2.24) is 19.6 Å². The van der Waals surface area contributed by atoms with E-state index >= 15 is 0 Å². The third kappa shape index (κ3) is 4.92. The Kier molecular flexibility index (Phi) is 5.73. The molecule has 0 saturated heterocycles. The highest BCUT2D eigenvalue weighted by Gasteiger charge is 2.34. The van der Waals surface area contributed by atoms with E-state index in [9.17, 15) is 18.0 Å². The number of hydrogen-bond donors (Lipinski definition) is 1. The maximum absolute atomic E-state index is 12.7. The second-order valence-electron chi connectivity index (χ2n) is 6.20. The lowest BCUT2D eigenvalue weighted by molar-refractivity contribution is -0.141. The molecule has 0 aliphatic rings. The van der Waals surface area contributed by atoms with Gasteiger partial charge < -0.3 is 5.32 Å². The molecule has 0 radical (unpaired) electrons. The van der Waals surface area contributed by atoms with Crippen molar-refractivity contribution in [3.05, 3.63) is 64.6 Å². The summed E-state index contributed by atoms with van der Waals surface area (Å²) in [6, 6.07) is 10.5. The van der Waals surface area contributed by atoms with Crippen LogP contribution in [0.2, 0.25) is 5.02 Å². The number of carbonyl (C=O) groups is 1. The number of amides is 1. The number of benzene rings is 1. The predicted octanol–water partition coefficient (Wildman–Crippen LogP) is 4.14. The van der Waals surface area contributed by atoms with Crippen LogP contribution in [0.15, 0.2) is 42.6 Å². The highest BCUT2D eigenvalue weighted by Crippen LogP contribution is 2.28. The molecule has 3 rings (SSSR count). The highest BCUT2D eigenvalue weighted by atomic mass is 35.5. The maximum atomic E-state index is 12.7. The quantitative estimate of drug-likeness (QED) is 0.663. The third-order valence-electron chi connectivity index (χ3n) is 3.98. The van der Waals surface area contributed by atoms with Gasteiger partial charge in [0.25, 0.3) is 0 Å². The number of alkyl halides is 3. The molecule has 2 heterocycles. The van der Waals surface area contributed by atoms with Gasteiger partial charge in [-0.3, -0.25) is 14.2 Å². The van der Waals surface area contributed by atoms with Crippen molar-refractivity contribution in [2.45, 2.75) is 32.6 Å². The summed E-state index contributed by atoms with van der Waals surface area (Å²) in [5, 5.41) is 10.6. The van der Waals surface area contributed by atoms with Crippen LogP contribution in [-0.4, -0.2) is 25.5 Å². The summed E-state index contributed by atoms with van der Waals surface area (Å²) in [7, 11) is 0. The molecular weight excluding hydrogens is 395 g/mol. The molecule has 0 bridgehead atoms. The second kappa shape index (κ2) is 8.05. The standard InChI is InChI=1S/C18H17ClF3N5O/c1-12-9-15(18(20,21)22)24-27(12)8-7-16(28)23-17-14(19)11-26(25-17)10-13-5-3-2-4-6-13/h2-6,9,11H,7-8,10H2,1H3,(H,23,25,28). The van der Waals surface area contributed by atoms with Gasteiger partial charge in [0.05, 0.1) is 6.54 Å². The summed E-state index contributed by atoms with van der Waals surface area (Å²) in [6.07, 6.45) is -2.99. The molecule has 0 aliphatic heterocycles. The van der Waals surface area contributed by atoms with E-state index in [0.29, 0.717) is 12.2 Å². The van der Waals surface area contributed by atoms with E-state index < -0.39 is 17.8 Å². The van der Waals surface area contributed by atoms with Crippen molar-refractivity contribution in [1.29, 1.82) is 0 Å². The first-order valence-electron chi connectivity index (χ1n) is 8.41. The highest BCUT2D eigenvalue weighted by molar-refractivity contribution is 6.33. The average Bonchev–Trinajstić information content (AvgIpc) is 3.16. The lowest BCUT2D eigenvalue weighted by atomic mass is 10.2. The van der Waals surface area contributed by atoms with Gasteiger partial charge >= 0.3 is 6.18 Å². The summed E-state index contributed by atoms with van der Waals surface area (Å²) in [4.78, 5) is 12.1. The summed E-state index contributed by atoms with van der Waals surface area (Å²) in [5.41, 5.74) is 0.368. The lowest BCUT2D eigenvalue weighted by Crippen LogP contribution is -2.17. The third-order valence-corrected chi connectivity index (χ3v) is 4.26. The van der Waals surface area contributed by atoms with Crippen LogP contribution in [0.5, 0.6) is 0 Å². The molecule has 2 aromatic heterocycles. The van der Waals surface area contributed by atoms with Crippen LogP contribution >= 0.6 is 11.6 Å². The Bertz CT molecular complexity index is 966. The van der Waals surface area contributed by atoms with Crippen molar-refractivity contribution in [2.24, 2.45) is 0 Å². The normalized spacial score (nSPS) is 11.6. The Balaban J connectivity index is 1.59. The fourth-order valence-corrected chi connectivity index (χ4v) is 2.81. The van der Waals surface area contributed by atoms with Gasteiger partial charge in [-0.25, -0.2) is 0 Å². The number of rotatable bonds is 6. The van der Waals surface area contributed by atoms with Crippen LogP contribution < -0.4 is 5.32 Å². The number of halogens is 4. The Morgan fingerprint density at radius 2 is 1.93 bits per heavy atom. The van der Waals surface area contributed by atoms with E-state index in [-0.39, 0.29) is 23.8 Å². The van der Waals surface area contributed by atoms with Crippen molar-refractivity contribution in [3.8, 4) is 0 Å². The summed E-state index contributed by atoms with van der Waals surface area (Å²) >= 11 is 6.11. The minimum atomic E-state index is -4.52. The number of hydrogen-bond acceptors (Lipinski definition) is 3. The Labute approximate surface area is 163 Å². The van der Waals surface area contributed by atoms with E-state index in [1.165, 1.54) is 6.92 Å². The molecule has 0 unspecified atom stereocenters. The Morgan fingerprint density at radius 1 is 1.21 bits per heavy atom. The number of anilines is 1. The predicted molar refractivity (Wildman–Crippen MR) is 98.0 cm³/mol. The first kappa shape index (κ1) is 19.9. The zero-order chi connectivity index (χ0) is 20.3. The molecule has 0 fully saturated rings. The second-order valence-corrected chi connectivity index (χ2v) is 6.61. The van der Waals surface area contributed by atoms with Gasteiger partial charge in [0.2, 0.25) is 5.91 Å². The zero-order valence-corrected chi connectivity index (χ0v) is 15.6. The summed E-state index contributed by atoms with van der Waals surface area (Å²) in [6.45, 7) is 2.00. The zero-order valence-electron chi connectivity index (χ0n) is 14.9. The molecule has 0 aliphatic carbocycles. The van der Waals surface area contributed by atoms with E-state index in [4.69, 9.17) is 11.6 Å². The van der Waals surface area contributed by atoms with Crippen LogP contribution in [-0.2, 0) is 24.1 Å². The average molecular weight is 412 g/mol. The first-order chi connectivity index (χ1) is 13.2. The molecule has 28 heavy (non-hydrogen) atoms. The van der Waals surface area contributed by atoms with E-state index in [2.05, 4.69) is 15.5 Å². The molecule has 3 aromatic rings. The van der Waals surface area contributed by atoms with Gasteiger partial charge in [-0.1, -0.05) is 41.9 Å². The van der Waals surface area contributed by atoms with Crippen LogP contribution in [0.3, 0.4) is 0 Å². The number of nitrogens with one attached hydrogen (secondary N) is 1. The van der Waals surface area contributed by atoms with Gasteiger partial charge in [-0.05, 0) is 18.6 Å². The van der Waals surface area contributed by atoms with E-state index in [1.807, 2.05) is 30.3 Å². The molecule has 6 nitrogen and oxygen atoms in total. The Morgan fingerprint density at radius 3 is 2.57 bits per heavy atom. The fraction of sp³-hybridized carbons (Fsp3) is 0.278. The van der Waals surface area contributed by atoms with Gasteiger partial charge in [0.1, 0.15) is 5.02 Å². The Hall–Kier alpha value is -2.81. The van der Waals surface area contributed by atoms with Gasteiger partial charge in [-0.2, -0.15) is 23.4 Å². The molecule has 0 atom stereocenters. The topological polar surface area (TPSA) is 64.7 Å². The largest absolute Gasteiger partial charge is 0.435 e. The smallest absolute Gasteiger partial charge is 0.308 e. The first-order valence-corrected chi connectivity index (χ1v) is 8.78. The number of nitrogens with zero attached hydrogens (tertiary/aromatic N) is 4. The molecule has 1 amide bonds. The minimum Gasteiger partial charge on any atom is -0.308 e. The molecule has 10 heteroatoms. The molecule has 0 spiro atoms. The van der Waals surface area contributed by atoms with Gasteiger partial charge in [-0.15, -0.1) is 0 Å². The minimum absolute atomic E-state index is 0.0100. The van der Waals surface area contributed by atoms with Gasteiger partial charge in [0, 0.05) is 24.9 Å². The lowest BCUT2D eigenvalue weighted by Gasteiger charge is -2.06. The summed E-state index contributed by atoms with van der Waals surface area (Å²) < 4.78 is 40.8. The molecular formula is C18H17ClF3N5O. The van der Waals surface area contributed by atoms with Crippen molar-refractivity contribution in [2.75, 3.05) is 5.32 Å². The summed E-state index contributed by atoms with van der Waals surface area (Å²) in [5.74, 6) is -0.217. The molecule has 0 saturated carbocycles. The number of carbonyl (C=O) groups excluding carboxylic acids is 1. The van der Waals surface area contributed by atoms with Crippen LogP contribution in [0.4, 0.5) is 19.0 Å². The van der Waals surface area contributed by atoms with E-state index in [1.54, 1.807) is 10.9 Å². The van der Waals surface area contributed by atoms with Gasteiger partial charge in [0.15, 0.2) is 11.5 Å². The SMILES string of the molecule is Cc1cc(C(F)(F)F)nn1CCC(=O)Nc1nn(Cc2ccccc2)cc1Cl. The van der Waals surface area contributed by atoms with Crippen molar-refractivity contribution < 1.29 is 18.0 Å². The van der Waals surface area contributed by atoms with Crippen LogP contribution in [0.1, 0.15) is 23.4 Å². The van der Waals surface area contributed by atoms with E-state index in [0.717, 1.165) is 16.3 Å². The maximum Gasteiger partial charge on any atom is 0.435 e. The van der Waals surface area contributed by atoms with Crippen molar-refractivity contribution in [3.63, 3.8) is 0 Å². The number of aryl methyl sites for hydroxylation is 2. The number of aromatic nitrogens is 4. The fourth-order valence-electron chi connectivity index (χ4n) is 2.61. The monoisotopic (exact) mass is 411 g/mol.